The van der Waals surface area contributed by atoms with Crippen LogP contribution in [0.2, 0.25) is 0 Å². The van der Waals surface area contributed by atoms with E-state index in [4.69, 9.17) is 9.47 Å². The fraction of sp³-hybridized carbons (Fsp3) is 0.900. The van der Waals surface area contributed by atoms with Crippen molar-refractivity contribution >= 4 is 5.97 Å². The molecule has 0 atom stereocenters. The number of ether oxygens (including phenoxy) is 2. The Balaban J connectivity index is 2.24. The van der Waals surface area contributed by atoms with Crippen molar-refractivity contribution in [1.29, 1.82) is 0 Å². The Kier molecular flexibility index (Phi) is 1.77. The van der Waals surface area contributed by atoms with E-state index in [9.17, 15) is 9.90 Å². The van der Waals surface area contributed by atoms with Gasteiger partial charge < -0.3 is 14.6 Å². The first kappa shape index (κ1) is 9.93. The van der Waals surface area contributed by atoms with Crippen LogP contribution in [0.1, 0.15) is 26.7 Å². The molecule has 80 valence electrons. The summed E-state index contributed by atoms with van der Waals surface area (Å²) in [5.74, 6) is -0.744. The highest BCUT2D eigenvalue weighted by Crippen LogP contribution is 2.66. The van der Waals surface area contributed by atoms with Crippen LogP contribution in [0.4, 0.5) is 0 Å². The molecule has 2 bridgehead atoms. The number of methoxy groups -OCH3 is 1. The molecular weight excluding hydrogens is 184 g/mol. The van der Waals surface area contributed by atoms with Gasteiger partial charge in [0, 0.05) is 7.11 Å². The number of carbonyl (C=O) groups is 1. The molecule has 0 aromatic rings. The quantitative estimate of drug-likeness (QED) is 0.739. The number of carboxylic acids is 1. The zero-order valence-electron chi connectivity index (χ0n) is 8.79. The van der Waals surface area contributed by atoms with Crippen molar-refractivity contribution < 1.29 is 19.4 Å². The topological polar surface area (TPSA) is 55.8 Å². The standard InChI is InChI=1S/C10H16O4/c1-8(2)10(7(11)12)4-9(5-10,14-8)6-13-3/h4-6H2,1-3H3,(H,11,12). The molecule has 1 N–H and O–H groups in total. The molecular formula is C10H16O4. The smallest absolute Gasteiger partial charge is 0.312 e. The largest absolute Gasteiger partial charge is 0.481 e. The second-order valence-electron chi connectivity index (χ2n) is 4.97. The first-order chi connectivity index (χ1) is 6.38. The molecule has 0 radical (unpaired) electrons. The molecule has 0 amide bonds. The Labute approximate surface area is 83.2 Å². The summed E-state index contributed by atoms with van der Waals surface area (Å²) in [6.45, 7) is 4.20. The summed E-state index contributed by atoms with van der Waals surface area (Å²) in [4.78, 5) is 11.2. The van der Waals surface area contributed by atoms with E-state index in [1.54, 1.807) is 7.11 Å². The second kappa shape index (κ2) is 2.49. The average Bonchev–Trinajstić information content (AvgIpc) is 2.30. The maximum atomic E-state index is 11.2. The molecule has 2 aliphatic heterocycles. The average molecular weight is 200 g/mol. The van der Waals surface area contributed by atoms with Gasteiger partial charge in [-0.05, 0) is 26.7 Å². The fourth-order valence-corrected chi connectivity index (χ4v) is 2.99. The molecule has 3 rings (SSSR count). The van der Waals surface area contributed by atoms with Crippen LogP contribution in [-0.2, 0) is 14.3 Å². The van der Waals surface area contributed by atoms with Gasteiger partial charge in [0.1, 0.15) is 5.41 Å². The van der Waals surface area contributed by atoms with E-state index in [-0.39, 0.29) is 5.60 Å². The van der Waals surface area contributed by atoms with E-state index in [1.165, 1.54) is 0 Å². The predicted octanol–water partition coefficient (Wildman–Crippen LogP) is 1.05. The van der Waals surface area contributed by atoms with Crippen LogP contribution >= 0.6 is 0 Å². The molecule has 4 heteroatoms. The highest BCUT2D eigenvalue weighted by Gasteiger charge is 2.75. The van der Waals surface area contributed by atoms with Crippen molar-refractivity contribution in [2.75, 3.05) is 13.7 Å². The fourth-order valence-electron chi connectivity index (χ4n) is 2.99. The summed E-state index contributed by atoms with van der Waals surface area (Å²) in [6.07, 6.45) is 1.16. The van der Waals surface area contributed by atoms with Crippen molar-refractivity contribution in [1.82, 2.24) is 0 Å². The van der Waals surface area contributed by atoms with Crippen molar-refractivity contribution in [3.05, 3.63) is 0 Å². The van der Waals surface area contributed by atoms with Crippen LogP contribution in [0, 0.1) is 5.41 Å². The molecule has 1 aliphatic carbocycles. The van der Waals surface area contributed by atoms with Gasteiger partial charge in [-0.15, -0.1) is 0 Å². The molecule has 0 aromatic carbocycles. The van der Waals surface area contributed by atoms with Gasteiger partial charge in [0.15, 0.2) is 0 Å². The van der Waals surface area contributed by atoms with Gasteiger partial charge in [0.25, 0.3) is 0 Å². The number of fused-ring (bicyclic) bond motifs is 1. The molecule has 4 nitrogen and oxygen atoms in total. The van der Waals surface area contributed by atoms with E-state index >= 15 is 0 Å². The van der Waals surface area contributed by atoms with Crippen LogP contribution in [-0.4, -0.2) is 36.0 Å². The van der Waals surface area contributed by atoms with Crippen molar-refractivity contribution in [3.8, 4) is 0 Å². The normalized spacial score (nSPS) is 43.4. The molecule has 0 aromatic heterocycles. The number of carboxylic acid groups (broad SMARTS) is 1. The summed E-state index contributed by atoms with van der Waals surface area (Å²) < 4.78 is 10.9. The van der Waals surface area contributed by atoms with Gasteiger partial charge >= 0.3 is 5.97 Å². The minimum absolute atomic E-state index is 0.337. The van der Waals surface area contributed by atoms with Crippen LogP contribution in [0.15, 0.2) is 0 Å². The van der Waals surface area contributed by atoms with Crippen LogP contribution in [0.5, 0.6) is 0 Å². The summed E-state index contributed by atoms with van der Waals surface area (Å²) in [5.41, 5.74) is -1.60. The maximum Gasteiger partial charge on any atom is 0.312 e. The molecule has 3 fully saturated rings. The molecule has 1 saturated carbocycles. The van der Waals surface area contributed by atoms with Gasteiger partial charge in [0.05, 0.1) is 17.8 Å². The number of aliphatic carboxylic acids is 1. The van der Waals surface area contributed by atoms with Crippen LogP contribution in [0.3, 0.4) is 0 Å². The number of rotatable bonds is 3. The lowest BCUT2D eigenvalue weighted by molar-refractivity contribution is -0.158. The van der Waals surface area contributed by atoms with E-state index in [1.807, 2.05) is 13.8 Å². The van der Waals surface area contributed by atoms with E-state index < -0.39 is 17.0 Å². The third-order valence-corrected chi connectivity index (χ3v) is 3.69. The van der Waals surface area contributed by atoms with Gasteiger partial charge in [-0.25, -0.2) is 0 Å². The highest BCUT2D eigenvalue weighted by molar-refractivity contribution is 5.79. The van der Waals surface area contributed by atoms with Gasteiger partial charge in [-0.3, -0.25) is 4.79 Å². The maximum absolute atomic E-state index is 11.2. The lowest BCUT2D eigenvalue weighted by Crippen LogP contribution is -2.54. The minimum atomic E-state index is -0.744. The summed E-state index contributed by atoms with van der Waals surface area (Å²) in [6, 6.07) is 0. The van der Waals surface area contributed by atoms with Crippen molar-refractivity contribution in [3.63, 3.8) is 0 Å². The summed E-state index contributed by atoms with van der Waals surface area (Å²) in [7, 11) is 1.62. The predicted molar refractivity (Wildman–Crippen MR) is 49.1 cm³/mol. The van der Waals surface area contributed by atoms with Crippen LogP contribution < -0.4 is 0 Å². The van der Waals surface area contributed by atoms with Gasteiger partial charge in [-0.1, -0.05) is 0 Å². The Hall–Kier alpha value is -0.610. The molecule has 2 saturated heterocycles. The Morgan fingerprint density at radius 2 is 2.07 bits per heavy atom. The SMILES string of the molecule is COCC12CC(C(=O)O)(C1)C(C)(C)O2. The number of hydrogen-bond acceptors (Lipinski definition) is 3. The lowest BCUT2D eigenvalue weighted by atomic mass is 9.57. The highest BCUT2D eigenvalue weighted by atomic mass is 16.6. The first-order valence-corrected chi connectivity index (χ1v) is 4.80. The summed E-state index contributed by atoms with van der Waals surface area (Å²) >= 11 is 0. The zero-order chi connectivity index (χ0) is 10.6. The molecule has 3 aliphatic rings. The minimum Gasteiger partial charge on any atom is -0.481 e. The number of hydrogen-bond donors (Lipinski definition) is 1. The molecule has 14 heavy (non-hydrogen) atoms. The first-order valence-electron chi connectivity index (χ1n) is 4.80. The van der Waals surface area contributed by atoms with E-state index in [2.05, 4.69) is 0 Å². The van der Waals surface area contributed by atoms with Crippen molar-refractivity contribution in [2.24, 2.45) is 5.41 Å². The summed E-state index contributed by atoms with van der Waals surface area (Å²) in [5, 5.41) is 9.21. The van der Waals surface area contributed by atoms with Crippen LogP contribution in [0.25, 0.3) is 0 Å². The van der Waals surface area contributed by atoms with Gasteiger partial charge in [-0.2, -0.15) is 0 Å². The third-order valence-electron chi connectivity index (χ3n) is 3.69. The third kappa shape index (κ3) is 0.929. The second-order valence-corrected chi connectivity index (χ2v) is 4.97. The molecule has 0 unspecified atom stereocenters. The zero-order valence-corrected chi connectivity index (χ0v) is 8.79. The van der Waals surface area contributed by atoms with E-state index in [0.29, 0.717) is 19.4 Å². The lowest BCUT2D eigenvalue weighted by Gasteiger charge is -2.42. The Morgan fingerprint density at radius 1 is 1.50 bits per heavy atom. The monoisotopic (exact) mass is 200 g/mol. The van der Waals surface area contributed by atoms with Crippen molar-refractivity contribution in [2.45, 2.75) is 37.9 Å². The molecule has 2 heterocycles. The Bertz CT molecular complexity index is 276. The van der Waals surface area contributed by atoms with Gasteiger partial charge in [0.2, 0.25) is 0 Å². The Morgan fingerprint density at radius 3 is 2.43 bits per heavy atom. The molecule has 0 spiro atoms. The van der Waals surface area contributed by atoms with E-state index in [0.717, 1.165) is 0 Å².